The van der Waals surface area contributed by atoms with Crippen LogP contribution in [-0.2, 0) is 0 Å². The van der Waals surface area contributed by atoms with Gasteiger partial charge in [-0.1, -0.05) is 17.3 Å². The van der Waals surface area contributed by atoms with E-state index in [0.717, 1.165) is 5.69 Å². The van der Waals surface area contributed by atoms with Crippen LogP contribution >= 0.6 is 0 Å². The number of hydrogen-bond acceptors (Lipinski definition) is 7. The standard InChI is InChI=1S/C12H12N8O/c1-19(9-5-3-2-4-8(9)12(13)16-21)11-7-6-10-14-17-18-20(10)15-11/h2-7,21H,1H3,(H2,13,16). The molecule has 0 saturated carbocycles. The molecule has 0 amide bonds. The van der Waals surface area contributed by atoms with E-state index in [1.165, 1.54) is 4.63 Å². The molecule has 0 unspecified atom stereocenters. The first-order valence-electron chi connectivity index (χ1n) is 6.07. The third-order valence-electron chi connectivity index (χ3n) is 3.05. The zero-order valence-corrected chi connectivity index (χ0v) is 11.1. The van der Waals surface area contributed by atoms with Crippen molar-refractivity contribution < 1.29 is 5.21 Å². The zero-order valence-electron chi connectivity index (χ0n) is 11.1. The second-order valence-electron chi connectivity index (χ2n) is 4.28. The van der Waals surface area contributed by atoms with E-state index in [-0.39, 0.29) is 5.84 Å². The van der Waals surface area contributed by atoms with Crippen LogP contribution in [-0.4, -0.2) is 43.3 Å². The van der Waals surface area contributed by atoms with Crippen molar-refractivity contribution in [3.05, 3.63) is 42.0 Å². The number of amidine groups is 1. The number of hydrogen-bond donors (Lipinski definition) is 2. The van der Waals surface area contributed by atoms with Crippen LogP contribution in [0.15, 0.2) is 41.6 Å². The van der Waals surface area contributed by atoms with Crippen LogP contribution in [0.3, 0.4) is 0 Å². The summed E-state index contributed by atoms with van der Waals surface area (Å²) in [5, 5.41) is 27.3. The second kappa shape index (κ2) is 5.04. The van der Waals surface area contributed by atoms with E-state index in [1.54, 1.807) is 23.1 Å². The molecule has 0 atom stereocenters. The Morgan fingerprint density at radius 2 is 2.10 bits per heavy atom. The molecule has 1 aromatic carbocycles. The first kappa shape index (κ1) is 12.8. The molecule has 0 aliphatic carbocycles. The fourth-order valence-corrected chi connectivity index (χ4v) is 1.98. The van der Waals surface area contributed by atoms with Gasteiger partial charge in [0.25, 0.3) is 0 Å². The molecule has 0 spiro atoms. The van der Waals surface area contributed by atoms with E-state index < -0.39 is 0 Å². The summed E-state index contributed by atoms with van der Waals surface area (Å²) >= 11 is 0. The van der Waals surface area contributed by atoms with Crippen molar-refractivity contribution in [2.45, 2.75) is 0 Å². The van der Waals surface area contributed by atoms with Gasteiger partial charge in [-0.3, -0.25) is 0 Å². The van der Waals surface area contributed by atoms with E-state index in [2.05, 4.69) is 25.8 Å². The lowest BCUT2D eigenvalue weighted by atomic mass is 10.1. The number of fused-ring (bicyclic) bond motifs is 1. The van der Waals surface area contributed by atoms with Gasteiger partial charge >= 0.3 is 0 Å². The fourth-order valence-electron chi connectivity index (χ4n) is 1.98. The topological polar surface area (TPSA) is 118 Å². The van der Waals surface area contributed by atoms with Crippen molar-refractivity contribution >= 4 is 23.0 Å². The van der Waals surface area contributed by atoms with Crippen molar-refractivity contribution in [1.29, 1.82) is 0 Å². The molecule has 0 fully saturated rings. The summed E-state index contributed by atoms with van der Waals surface area (Å²) in [7, 11) is 1.82. The van der Waals surface area contributed by atoms with Gasteiger partial charge in [-0.2, -0.15) is 0 Å². The van der Waals surface area contributed by atoms with E-state index in [9.17, 15) is 0 Å². The van der Waals surface area contributed by atoms with Crippen molar-refractivity contribution in [2.24, 2.45) is 10.9 Å². The van der Waals surface area contributed by atoms with Crippen LogP contribution in [0.5, 0.6) is 0 Å². The summed E-state index contributed by atoms with van der Waals surface area (Å²) in [5.74, 6) is 0.647. The maximum atomic E-state index is 8.88. The van der Waals surface area contributed by atoms with E-state index in [1.807, 2.05) is 25.2 Å². The lowest BCUT2D eigenvalue weighted by Crippen LogP contribution is -2.20. The van der Waals surface area contributed by atoms with E-state index >= 15 is 0 Å². The molecule has 3 aromatic rings. The van der Waals surface area contributed by atoms with Crippen LogP contribution in [0, 0.1) is 0 Å². The van der Waals surface area contributed by atoms with Gasteiger partial charge in [0.2, 0.25) is 0 Å². The monoisotopic (exact) mass is 284 g/mol. The Kier molecular flexibility index (Phi) is 3.07. The molecule has 2 heterocycles. The molecule has 0 radical (unpaired) electrons. The number of oxime groups is 1. The Balaban J connectivity index is 2.07. The van der Waals surface area contributed by atoms with Crippen LogP contribution in [0.1, 0.15) is 5.56 Å². The quantitative estimate of drug-likeness (QED) is 0.309. The van der Waals surface area contributed by atoms with Crippen LogP contribution in [0.4, 0.5) is 11.5 Å². The number of para-hydroxylation sites is 1. The smallest absolute Gasteiger partial charge is 0.200 e. The van der Waals surface area contributed by atoms with Gasteiger partial charge in [0, 0.05) is 12.6 Å². The first-order chi connectivity index (χ1) is 10.2. The minimum atomic E-state index is 0.0287. The third-order valence-corrected chi connectivity index (χ3v) is 3.05. The molecule has 0 saturated heterocycles. The van der Waals surface area contributed by atoms with Crippen molar-refractivity contribution in [1.82, 2.24) is 25.3 Å². The van der Waals surface area contributed by atoms with Crippen LogP contribution in [0.2, 0.25) is 0 Å². The zero-order chi connectivity index (χ0) is 14.8. The number of aromatic nitrogens is 5. The fraction of sp³-hybridized carbons (Fsp3) is 0.0833. The molecular formula is C12H12N8O. The average Bonchev–Trinajstić information content (AvgIpc) is 3.01. The summed E-state index contributed by atoms with van der Waals surface area (Å²) in [6.07, 6.45) is 0. The number of nitrogens with two attached hydrogens (primary N) is 1. The predicted octanol–water partition coefficient (Wildman–Crippen LogP) is 0.382. The Bertz CT molecular complexity index is 812. The Morgan fingerprint density at radius 3 is 2.90 bits per heavy atom. The summed E-state index contributed by atoms with van der Waals surface area (Å²) in [6.45, 7) is 0. The summed E-state index contributed by atoms with van der Waals surface area (Å²) in [4.78, 5) is 1.80. The molecule has 0 aliphatic heterocycles. The van der Waals surface area contributed by atoms with Crippen LogP contribution in [0.25, 0.3) is 5.65 Å². The lowest BCUT2D eigenvalue weighted by molar-refractivity contribution is 0.318. The van der Waals surface area contributed by atoms with Gasteiger partial charge in [0.1, 0.15) is 0 Å². The van der Waals surface area contributed by atoms with Gasteiger partial charge in [-0.25, -0.2) is 0 Å². The highest BCUT2D eigenvalue weighted by Gasteiger charge is 2.13. The molecule has 0 bridgehead atoms. The SMILES string of the molecule is CN(c1ccc2nnnn2n1)c1ccccc1/C(N)=N/O. The molecule has 9 heteroatoms. The van der Waals surface area contributed by atoms with Crippen molar-refractivity contribution in [2.75, 3.05) is 11.9 Å². The Morgan fingerprint density at radius 1 is 1.29 bits per heavy atom. The van der Waals surface area contributed by atoms with Gasteiger partial charge < -0.3 is 15.8 Å². The molecule has 3 N–H and O–H groups in total. The van der Waals surface area contributed by atoms with Crippen LogP contribution < -0.4 is 10.6 Å². The van der Waals surface area contributed by atoms with E-state index in [4.69, 9.17) is 10.9 Å². The van der Waals surface area contributed by atoms with Gasteiger partial charge in [-0.15, -0.1) is 14.8 Å². The third kappa shape index (κ3) is 2.20. The van der Waals surface area contributed by atoms with Gasteiger partial charge in [0.15, 0.2) is 17.3 Å². The van der Waals surface area contributed by atoms with Crippen molar-refractivity contribution in [3.63, 3.8) is 0 Å². The maximum Gasteiger partial charge on any atom is 0.200 e. The Labute approximate surface area is 119 Å². The van der Waals surface area contributed by atoms with E-state index in [0.29, 0.717) is 17.0 Å². The first-order valence-corrected chi connectivity index (χ1v) is 6.07. The lowest BCUT2D eigenvalue weighted by Gasteiger charge is -2.20. The highest BCUT2D eigenvalue weighted by molar-refractivity contribution is 6.02. The minimum Gasteiger partial charge on any atom is -0.409 e. The summed E-state index contributed by atoms with van der Waals surface area (Å²) < 4.78 is 1.33. The predicted molar refractivity (Wildman–Crippen MR) is 75.6 cm³/mol. The second-order valence-corrected chi connectivity index (χ2v) is 4.28. The molecule has 9 nitrogen and oxygen atoms in total. The number of benzene rings is 1. The normalized spacial score (nSPS) is 11.8. The summed E-state index contributed by atoms with van der Waals surface area (Å²) in [5.41, 5.74) is 7.59. The highest BCUT2D eigenvalue weighted by Crippen LogP contribution is 2.25. The molecule has 21 heavy (non-hydrogen) atoms. The molecule has 2 aromatic heterocycles. The molecular weight excluding hydrogens is 272 g/mol. The van der Waals surface area contributed by atoms with Gasteiger partial charge in [-0.05, 0) is 34.7 Å². The number of nitrogens with zero attached hydrogens (tertiary/aromatic N) is 7. The van der Waals surface area contributed by atoms with Gasteiger partial charge in [0.05, 0.1) is 5.69 Å². The molecule has 0 aliphatic rings. The molecule has 3 rings (SSSR count). The summed E-state index contributed by atoms with van der Waals surface area (Å²) in [6, 6.07) is 10.8. The maximum absolute atomic E-state index is 8.88. The largest absolute Gasteiger partial charge is 0.409 e. The Hall–Kier alpha value is -3.23. The number of rotatable bonds is 3. The minimum absolute atomic E-state index is 0.0287. The molecule has 106 valence electrons. The number of tetrazole rings is 1. The number of anilines is 2. The highest BCUT2D eigenvalue weighted by atomic mass is 16.4. The average molecular weight is 284 g/mol. The van der Waals surface area contributed by atoms with Crippen molar-refractivity contribution in [3.8, 4) is 0 Å².